The van der Waals surface area contributed by atoms with Crippen molar-refractivity contribution in [3.8, 4) is 0 Å². The van der Waals surface area contributed by atoms with E-state index in [1.807, 2.05) is 6.42 Å². The summed E-state index contributed by atoms with van der Waals surface area (Å²) in [5.41, 5.74) is 0.171. The summed E-state index contributed by atoms with van der Waals surface area (Å²) in [5, 5.41) is 0.466. The average molecular weight is 256 g/mol. The second-order valence-corrected chi connectivity index (χ2v) is 3.99. The number of hydrogen-bond donors (Lipinski definition) is 0. The highest BCUT2D eigenvalue weighted by Gasteiger charge is 2.10. The van der Waals surface area contributed by atoms with Crippen molar-refractivity contribution in [1.29, 1.82) is 0 Å². The zero-order valence-corrected chi connectivity index (χ0v) is 9.68. The second-order valence-electron chi connectivity index (χ2n) is 3.58. The van der Waals surface area contributed by atoms with E-state index in [1.165, 1.54) is 0 Å². The molecule has 1 nitrogen and oxygen atoms in total. The number of rotatable bonds is 3. The molecule has 1 aliphatic carbocycles. The molecule has 0 spiro atoms. The van der Waals surface area contributed by atoms with E-state index < -0.39 is 11.6 Å². The molecule has 0 heterocycles. The summed E-state index contributed by atoms with van der Waals surface area (Å²) in [4.78, 5) is 0. The highest BCUT2D eigenvalue weighted by molar-refractivity contribution is 6.31. The van der Waals surface area contributed by atoms with Crippen molar-refractivity contribution >= 4 is 11.6 Å². The lowest BCUT2D eigenvalue weighted by molar-refractivity contribution is 0.203. The van der Waals surface area contributed by atoms with E-state index in [-0.39, 0.29) is 12.2 Å². The Kier molecular flexibility index (Phi) is 3.79. The molecule has 0 fully saturated rings. The fourth-order valence-electron chi connectivity index (χ4n) is 1.46. The van der Waals surface area contributed by atoms with E-state index in [4.69, 9.17) is 16.3 Å². The van der Waals surface area contributed by atoms with Crippen molar-refractivity contribution in [3.63, 3.8) is 0 Å². The minimum Gasteiger partial charge on any atom is -0.488 e. The monoisotopic (exact) mass is 255 g/mol. The third-order valence-corrected chi connectivity index (χ3v) is 2.64. The van der Waals surface area contributed by atoms with Gasteiger partial charge in [0.2, 0.25) is 0 Å². The van der Waals surface area contributed by atoms with Gasteiger partial charge in [0.15, 0.2) is 0 Å². The molecule has 0 saturated heterocycles. The highest BCUT2D eigenvalue weighted by atomic mass is 35.5. The van der Waals surface area contributed by atoms with Gasteiger partial charge in [-0.2, -0.15) is 0 Å². The Labute approximate surface area is 103 Å². The first kappa shape index (κ1) is 12.1. The van der Waals surface area contributed by atoms with Crippen LogP contribution in [-0.4, -0.2) is 0 Å². The Balaban J connectivity index is 2.05. The van der Waals surface area contributed by atoms with Crippen LogP contribution in [0.2, 0.25) is 0 Å². The zero-order chi connectivity index (χ0) is 12.3. The van der Waals surface area contributed by atoms with Gasteiger partial charge in [-0.15, -0.1) is 0 Å². The normalized spacial score (nSPS) is 15.2. The van der Waals surface area contributed by atoms with Crippen LogP contribution in [0.1, 0.15) is 12.0 Å². The van der Waals surface area contributed by atoms with E-state index in [2.05, 4.69) is 0 Å². The second kappa shape index (κ2) is 5.32. The molecule has 17 heavy (non-hydrogen) atoms. The molecule has 0 atom stereocenters. The molecule has 1 aliphatic rings. The molecule has 0 aliphatic heterocycles. The first-order valence-electron chi connectivity index (χ1n) is 5.13. The van der Waals surface area contributed by atoms with Gasteiger partial charge in [-0.3, -0.25) is 0 Å². The molecular weight excluding hydrogens is 246 g/mol. The zero-order valence-electron chi connectivity index (χ0n) is 8.92. The molecule has 0 saturated carbocycles. The third kappa shape index (κ3) is 3.07. The third-order valence-electron chi connectivity index (χ3n) is 2.33. The number of allylic oxidation sites excluding steroid dienone is 3. The Hall–Kier alpha value is -1.35. The Morgan fingerprint density at radius 3 is 2.88 bits per heavy atom. The van der Waals surface area contributed by atoms with Crippen molar-refractivity contribution < 1.29 is 13.5 Å². The van der Waals surface area contributed by atoms with Crippen LogP contribution in [0.25, 0.3) is 0 Å². The SMILES string of the molecule is Fc1ccc(F)c(COC2=CC[CH]C=C2Cl)c1. The summed E-state index contributed by atoms with van der Waals surface area (Å²) in [5.74, 6) is -0.482. The minimum absolute atomic E-state index is 0.0422. The first-order valence-corrected chi connectivity index (χ1v) is 5.51. The van der Waals surface area contributed by atoms with Crippen molar-refractivity contribution in [2.75, 3.05) is 0 Å². The lowest BCUT2D eigenvalue weighted by atomic mass is 10.1. The standard InChI is InChI=1S/C13H10ClF2O/c14-11-3-1-2-4-13(11)17-8-9-7-10(15)5-6-12(9)16/h1,3-7H,2,8H2. The van der Waals surface area contributed by atoms with Crippen LogP contribution in [0.4, 0.5) is 8.78 Å². The molecular formula is C13H10ClF2O. The lowest BCUT2D eigenvalue weighted by Gasteiger charge is -2.13. The fraction of sp³-hybridized carbons (Fsp3) is 0.154. The largest absolute Gasteiger partial charge is 0.488 e. The topological polar surface area (TPSA) is 9.23 Å². The molecule has 2 rings (SSSR count). The number of halogens is 3. The fourth-order valence-corrected chi connectivity index (χ4v) is 1.68. The van der Waals surface area contributed by atoms with Gasteiger partial charge in [-0.05, 0) is 37.1 Å². The summed E-state index contributed by atoms with van der Waals surface area (Å²) in [6.45, 7) is -0.0422. The van der Waals surface area contributed by atoms with Crippen LogP contribution in [0.5, 0.6) is 0 Å². The quantitative estimate of drug-likeness (QED) is 0.790. The summed E-state index contributed by atoms with van der Waals surface area (Å²) in [6.07, 6.45) is 6.12. The van der Waals surface area contributed by atoms with Gasteiger partial charge in [0.1, 0.15) is 24.0 Å². The average Bonchev–Trinajstić information content (AvgIpc) is 2.32. The maximum atomic E-state index is 13.3. The Morgan fingerprint density at radius 2 is 2.12 bits per heavy atom. The Bertz CT molecular complexity index is 480. The molecule has 0 aromatic heterocycles. The molecule has 0 amide bonds. The van der Waals surface area contributed by atoms with Crippen LogP contribution in [0, 0.1) is 18.1 Å². The van der Waals surface area contributed by atoms with Crippen LogP contribution >= 0.6 is 11.6 Å². The predicted octanol–water partition coefficient (Wildman–Crippen LogP) is 4.10. The van der Waals surface area contributed by atoms with Gasteiger partial charge in [0.25, 0.3) is 0 Å². The summed E-state index contributed by atoms with van der Waals surface area (Å²) >= 11 is 5.89. The van der Waals surface area contributed by atoms with Crippen LogP contribution in [-0.2, 0) is 11.3 Å². The highest BCUT2D eigenvalue weighted by Crippen LogP contribution is 2.24. The van der Waals surface area contributed by atoms with E-state index in [0.29, 0.717) is 10.8 Å². The Morgan fingerprint density at radius 1 is 1.29 bits per heavy atom. The van der Waals surface area contributed by atoms with Crippen molar-refractivity contribution in [1.82, 2.24) is 0 Å². The van der Waals surface area contributed by atoms with Gasteiger partial charge in [0.05, 0.1) is 5.03 Å². The van der Waals surface area contributed by atoms with Gasteiger partial charge in [-0.1, -0.05) is 17.7 Å². The summed E-state index contributed by atoms with van der Waals surface area (Å²) < 4.78 is 31.6. The van der Waals surface area contributed by atoms with E-state index in [0.717, 1.165) is 24.6 Å². The molecule has 0 N–H and O–H groups in total. The lowest BCUT2D eigenvalue weighted by Crippen LogP contribution is -2.00. The van der Waals surface area contributed by atoms with Gasteiger partial charge < -0.3 is 4.74 Å². The molecule has 4 heteroatoms. The number of hydrogen-bond acceptors (Lipinski definition) is 1. The maximum absolute atomic E-state index is 13.3. The maximum Gasteiger partial charge on any atom is 0.134 e. The summed E-state index contributed by atoms with van der Waals surface area (Å²) in [6, 6.07) is 3.26. The van der Waals surface area contributed by atoms with Gasteiger partial charge in [-0.25, -0.2) is 8.78 Å². The molecule has 89 valence electrons. The van der Waals surface area contributed by atoms with Gasteiger partial charge in [0, 0.05) is 5.56 Å². The predicted molar refractivity (Wildman–Crippen MR) is 62.1 cm³/mol. The van der Waals surface area contributed by atoms with Crippen molar-refractivity contribution in [3.05, 3.63) is 64.8 Å². The smallest absolute Gasteiger partial charge is 0.134 e. The van der Waals surface area contributed by atoms with E-state index >= 15 is 0 Å². The van der Waals surface area contributed by atoms with Crippen molar-refractivity contribution in [2.24, 2.45) is 0 Å². The number of ether oxygens (including phenoxy) is 1. The van der Waals surface area contributed by atoms with Crippen LogP contribution < -0.4 is 0 Å². The number of benzene rings is 1. The molecule has 1 aromatic carbocycles. The van der Waals surface area contributed by atoms with E-state index in [1.54, 1.807) is 12.2 Å². The van der Waals surface area contributed by atoms with Crippen LogP contribution in [0.3, 0.4) is 0 Å². The van der Waals surface area contributed by atoms with Gasteiger partial charge >= 0.3 is 0 Å². The van der Waals surface area contributed by atoms with Crippen molar-refractivity contribution in [2.45, 2.75) is 13.0 Å². The molecule has 1 radical (unpaired) electrons. The molecule has 1 aromatic rings. The minimum atomic E-state index is -0.491. The summed E-state index contributed by atoms with van der Waals surface area (Å²) in [7, 11) is 0. The first-order chi connectivity index (χ1) is 8.16. The van der Waals surface area contributed by atoms with E-state index in [9.17, 15) is 8.78 Å². The molecule has 0 unspecified atom stereocenters. The van der Waals surface area contributed by atoms with Crippen LogP contribution in [0.15, 0.2) is 41.1 Å². The molecule has 0 bridgehead atoms.